The molecule has 1 aromatic carbocycles. The average Bonchev–Trinajstić information content (AvgIpc) is 3.10. The molecule has 0 fully saturated rings. The molecule has 6 heteroatoms. The number of benzene rings is 1. The maximum absolute atomic E-state index is 12.4. The first kappa shape index (κ1) is 16.3. The smallest absolute Gasteiger partial charge is 0.203 e. The maximum atomic E-state index is 12.4. The van der Waals surface area contributed by atoms with Gasteiger partial charge in [-0.1, -0.05) is 37.6 Å². The number of rotatable bonds is 5. The number of carbonyl (C=O) groups is 1. The molecule has 2 heterocycles. The zero-order valence-electron chi connectivity index (χ0n) is 13.4. The van der Waals surface area contributed by atoms with Gasteiger partial charge in [0, 0.05) is 16.5 Å². The number of carbonyl (C=O) groups excluding carboxylic acids is 1. The summed E-state index contributed by atoms with van der Waals surface area (Å²) in [6.45, 7) is 3.97. The molecule has 0 unspecified atom stereocenters. The van der Waals surface area contributed by atoms with Gasteiger partial charge < -0.3 is 4.42 Å². The van der Waals surface area contributed by atoms with E-state index in [1.54, 1.807) is 24.3 Å². The highest BCUT2D eigenvalue weighted by molar-refractivity contribution is 6.30. The molecule has 0 radical (unpaired) electrons. The number of hydrogen-bond acceptors (Lipinski definition) is 5. The molecule has 0 atom stereocenters. The Kier molecular flexibility index (Phi) is 4.71. The largest absolute Gasteiger partial charge is 0.461 e. The van der Waals surface area contributed by atoms with Crippen molar-refractivity contribution in [1.82, 2.24) is 15.2 Å². The third kappa shape index (κ3) is 3.51. The molecular weight excluding hydrogens is 326 g/mol. The fourth-order valence-corrected chi connectivity index (χ4v) is 2.37. The van der Waals surface area contributed by atoms with Crippen LogP contribution < -0.4 is 0 Å². The van der Waals surface area contributed by atoms with Gasteiger partial charge in [0.15, 0.2) is 11.6 Å². The lowest BCUT2D eigenvalue weighted by molar-refractivity contribution is 0.0965. The van der Waals surface area contributed by atoms with Crippen LogP contribution in [0.25, 0.3) is 11.3 Å². The van der Waals surface area contributed by atoms with Crippen molar-refractivity contribution < 1.29 is 9.21 Å². The van der Waals surface area contributed by atoms with Crippen molar-refractivity contribution in [2.75, 3.05) is 0 Å². The Morgan fingerprint density at radius 3 is 2.54 bits per heavy atom. The van der Waals surface area contributed by atoms with Crippen LogP contribution in [0.3, 0.4) is 0 Å². The van der Waals surface area contributed by atoms with E-state index in [1.807, 2.05) is 26.0 Å². The summed E-state index contributed by atoms with van der Waals surface area (Å²) in [6, 6.07) is 10.5. The second-order valence-electron chi connectivity index (χ2n) is 5.70. The molecule has 0 bridgehead atoms. The quantitative estimate of drug-likeness (QED) is 0.646. The first-order chi connectivity index (χ1) is 11.5. The number of halogens is 1. The fourth-order valence-electron chi connectivity index (χ4n) is 2.25. The van der Waals surface area contributed by atoms with Crippen LogP contribution in [0, 0.1) is 0 Å². The molecule has 0 spiro atoms. The van der Waals surface area contributed by atoms with Gasteiger partial charge in [0.1, 0.15) is 5.69 Å². The minimum atomic E-state index is -0.148. The van der Waals surface area contributed by atoms with E-state index >= 15 is 0 Å². The minimum Gasteiger partial charge on any atom is -0.461 e. The lowest BCUT2D eigenvalue weighted by atomic mass is 10.1. The maximum Gasteiger partial charge on any atom is 0.203 e. The molecule has 0 amide bonds. The van der Waals surface area contributed by atoms with Crippen molar-refractivity contribution in [2.24, 2.45) is 0 Å². The van der Waals surface area contributed by atoms with E-state index in [-0.39, 0.29) is 18.1 Å². The van der Waals surface area contributed by atoms with Crippen molar-refractivity contribution in [1.29, 1.82) is 0 Å². The van der Waals surface area contributed by atoms with Gasteiger partial charge in [-0.05, 0) is 24.3 Å². The molecule has 0 aliphatic rings. The van der Waals surface area contributed by atoms with Gasteiger partial charge in [-0.15, -0.1) is 10.2 Å². The normalized spacial score (nSPS) is 11.0. The van der Waals surface area contributed by atoms with Crippen LogP contribution in [0.2, 0.25) is 5.02 Å². The van der Waals surface area contributed by atoms with Gasteiger partial charge >= 0.3 is 0 Å². The summed E-state index contributed by atoms with van der Waals surface area (Å²) < 4.78 is 5.18. The van der Waals surface area contributed by atoms with E-state index in [0.29, 0.717) is 28.0 Å². The molecule has 122 valence electrons. The highest BCUT2D eigenvalue weighted by Gasteiger charge is 2.18. The molecular formula is C18H16ClN3O2. The van der Waals surface area contributed by atoms with Gasteiger partial charge in [0.05, 0.1) is 18.4 Å². The van der Waals surface area contributed by atoms with E-state index in [9.17, 15) is 4.79 Å². The summed E-state index contributed by atoms with van der Waals surface area (Å²) in [5, 5.41) is 9.11. The molecule has 24 heavy (non-hydrogen) atoms. The van der Waals surface area contributed by atoms with Crippen molar-refractivity contribution in [3.05, 3.63) is 65.0 Å². The Morgan fingerprint density at radius 1 is 1.17 bits per heavy atom. The van der Waals surface area contributed by atoms with Crippen molar-refractivity contribution >= 4 is 17.4 Å². The van der Waals surface area contributed by atoms with Crippen LogP contribution in [-0.4, -0.2) is 21.0 Å². The first-order valence-corrected chi connectivity index (χ1v) is 7.98. The van der Waals surface area contributed by atoms with Crippen LogP contribution in [-0.2, 0) is 6.42 Å². The summed E-state index contributed by atoms with van der Waals surface area (Å²) in [5.74, 6) is 0.886. The molecule has 0 aliphatic heterocycles. The molecule has 0 saturated carbocycles. The van der Waals surface area contributed by atoms with E-state index < -0.39 is 0 Å². The predicted molar refractivity (Wildman–Crippen MR) is 91.1 cm³/mol. The van der Waals surface area contributed by atoms with Crippen molar-refractivity contribution in [3.63, 3.8) is 0 Å². The van der Waals surface area contributed by atoms with Crippen LogP contribution in [0.5, 0.6) is 0 Å². The zero-order valence-corrected chi connectivity index (χ0v) is 14.1. The molecule has 2 aromatic heterocycles. The predicted octanol–water partition coefficient (Wildman–Crippen LogP) is 4.33. The number of aromatic nitrogens is 3. The summed E-state index contributed by atoms with van der Waals surface area (Å²) in [4.78, 5) is 16.9. The lowest BCUT2D eigenvalue weighted by Crippen LogP contribution is -2.11. The number of nitrogens with zero attached hydrogens (tertiary/aromatic N) is 3. The summed E-state index contributed by atoms with van der Waals surface area (Å²) in [5.41, 5.74) is 1.98. The average molecular weight is 342 g/mol. The second-order valence-corrected chi connectivity index (χ2v) is 6.14. The standard InChI is InChI=1S/C18H16ClN3O2/c1-11(2)18-20-14(10-15(23)16-4-3-9-24-16)17(21-22-18)12-5-7-13(19)8-6-12/h3-9,11H,10H2,1-2H3. The van der Waals surface area contributed by atoms with Gasteiger partial charge in [-0.25, -0.2) is 4.98 Å². The SMILES string of the molecule is CC(C)c1nnc(-c2ccc(Cl)cc2)c(CC(=O)c2ccco2)n1. The first-order valence-electron chi connectivity index (χ1n) is 7.60. The third-order valence-electron chi connectivity index (χ3n) is 3.53. The number of hydrogen-bond donors (Lipinski definition) is 0. The molecule has 5 nitrogen and oxygen atoms in total. The second kappa shape index (κ2) is 6.93. The Bertz CT molecular complexity index is 843. The summed E-state index contributed by atoms with van der Waals surface area (Å²) in [7, 11) is 0. The Balaban J connectivity index is 2.01. The van der Waals surface area contributed by atoms with Crippen LogP contribution >= 0.6 is 11.6 Å². The van der Waals surface area contributed by atoms with Crippen LogP contribution in [0.1, 0.15) is 41.8 Å². The highest BCUT2D eigenvalue weighted by Crippen LogP contribution is 2.24. The third-order valence-corrected chi connectivity index (χ3v) is 3.79. The van der Waals surface area contributed by atoms with E-state index in [2.05, 4.69) is 15.2 Å². The molecule has 3 aromatic rings. The Morgan fingerprint density at radius 2 is 1.92 bits per heavy atom. The van der Waals surface area contributed by atoms with Crippen LogP contribution in [0.4, 0.5) is 0 Å². The monoisotopic (exact) mass is 341 g/mol. The molecule has 3 rings (SSSR count). The molecule has 0 aliphatic carbocycles. The summed E-state index contributed by atoms with van der Waals surface area (Å²) in [6.07, 6.45) is 1.58. The van der Waals surface area contributed by atoms with Gasteiger partial charge in [-0.3, -0.25) is 4.79 Å². The molecule has 0 N–H and O–H groups in total. The van der Waals surface area contributed by atoms with E-state index in [4.69, 9.17) is 16.0 Å². The van der Waals surface area contributed by atoms with Gasteiger partial charge in [0.2, 0.25) is 5.78 Å². The van der Waals surface area contributed by atoms with Crippen LogP contribution in [0.15, 0.2) is 47.1 Å². The summed E-state index contributed by atoms with van der Waals surface area (Å²) >= 11 is 5.94. The van der Waals surface area contributed by atoms with E-state index in [1.165, 1.54) is 6.26 Å². The highest BCUT2D eigenvalue weighted by atomic mass is 35.5. The van der Waals surface area contributed by atoms with Crippen molar-refractivity contribution in [3.8, 4) is 11.3 Å². The lowest BCUT2D eigenvalue weighted by Gasteiger charge is -2.10. The van der Waals surface area contributed by atoms with E-state index in [0.717, 1.165) is 5.56 Å². The number of Topliss-reactive ketones (excluding diaryl/α,β-unsaturated/α-hetero) is 1. The number of furan rings is 1. The number of ketones is 1. The van der Waals surface area contributed by atoms with Crippen molar-refractivity contribution in [2.45, 2.75) is 26.2 Å². The Labute approximate surface area is 144 Å². The zero-order chi connectivity index (χ0) is 17.1. The molecule has 0 saturated heterocycles. The van der Waals surface area contributed by atoms with Gasteiger partial charge in [0.25, 0.3) is 0 Å². The topological polar surface area (TPSA) is 68.9 Å². The fraction of sp³-hybridized carbons (Fsp3) is 0.222. The van der Waals surface area contributed by atoms with Gasteiger partial charge in [-0.2, -0.15) is 0 Å². The Hall–Kier alpha value is -2.53. The minimum absolute atomic E-state index is 0.0979.